The summed E-state index contributed by atoms with van der Waals surface area (Å²) in [5, 5.41) is 16.9. The second-order valence-electron chi connectivity index (χ2n) is 9.80. The van der Waals surface area contributed by atoms with E-state index in [1.165, 1.54) is 0 Å². The van der Waals surface area contributed by atoms with Crippen molar-refractivity contribution in [1.82, 2.24) is 14.7 Å². The summed E-state index contributed by atoms with van der Waals surface area (Å²) in [4.78, 5) is 28.0. The Bertz CT molecular complexity index is 1700. The van der Waals surface area contributed by atoms with Crippen molar-refractivity contribution in [3.05, 3.63) is 101 Å². The number of benzene rings is 3. The number of nitrogens with zero attached hydrogens (tertiary/aromatic N) is 4. The molecular weight excluding hydrogens is 488 g/mol. The van der Waals surface area contributed by atoms with Gasteiger partial charge in [0.1, 0.15) is 11.6 Å². The lowest BCUT2D eigenvalue weighted by Gasteiger charge is -2.29. The largest absolute Gasteiger partial charge is 0.376 e. The van der Waals surface area contributed by atoms with Gasteiger partial charge < -0.3 is 4.74 Å². The summed E-state index contributed by atoms with van der Waals surface area (Å²) in [5.74, 6) is -0.994. The number of imide groups is 1. The van der Waals surface area contributed by atoms with Gasteiger partial charge in [-0.05, 0) is 60.4 Å². The number of hydrogen-bond acceptors (Lipinski definition) is 5. The minimum absolute atomic E-state index is 0.0263. The van der Waals surface area contributed by atoms with Crippen LogP contribution >= 0.6 is 0 Å². The van der Waals surface area contributed by atoms with Crippen LogP contribution in [0.25, 0.3) is 33.8 Å². The Hall–Kier alpha value is -4.80. The van der Waals surface area contributed by atoms with Crippen LogP contribution in [0.2, 0.25) is 0 Å². The summed E-state index contributed by atoms with van der Waals surface area (Å²) in [6, 6.07) is 26.0. The fraction of sp³-hybridized carbons (Fsp3) is 0.188. The Kier molecular flexibility index (Phi) is 6.39. The number of rotatable bonds is 5. The van der Waals surface area contributed by atoms with Gasteiger partial charge in [0.25, 0.3) is 11.8 Å². The fourth-order valence-corrected chi connectivity index (χ4v) is 5.21. The molecule has 1 fully saturated rings. The van der Waals surface area contributed by atoms with Crippen molar-refractivity contribution in [2.75, 3.05) is 13.2 Å². The molecule has 1 unspecified atom stereocenters. The topological polar surface area (TPSA) is 88.2 Å². The van der Waals surface area contributed by atoms with Crippen LogP contribution in [0.5, 0.6) is 0 Å². The Morgan fingerprint density at radius 1 is 1.03 bits per heavy atom. The van der Waals surface area contributed by atoms with Gasteiger partial charge in [0.15, 0.2) is 0 Å². The van der Waals surface area contributed by atoms with Crippen LogP contribution in [-0.2, 0) is 14.3 Å². The van der Waals surface area contributed by atoms with Gasteiger partial charge in [0, 0.05) is 29.5 Å². The Morgan fingerprint density at radius 3 is 2.54 bits per heavy atom. The highest BCUT2D eigenvalue weighted by atomic mass is 16.5. The van der Waals surface area contributed by atoms with E-state index in [4.69, 9.17) is 9.84 Å². The zero-order valence-corrected chi connectivity index (χ0v) is 21.5. The molecule has 6 rings (SSSR count). The van der Waals surface area contributed by atoms with Crippen LogP contribution in [0.4, 0.5) is 0 Å². The summed E-state index contributed by atoms with van der Waals surface area (Å²) < 4.78 is 7.47. The number of hydrogen-bond donors (Lipinski definition) is 0. The average molecular weight is 515 g/mol. The maximum absolute atomic E-state index is 13.7. The summed E-state index contributed by atoms with van der Waals surface area (Å²) in [7, 11) is 0. The molecule has 0 saturated carbocycles. The molecule has 7 nitrogen and oxygen atoms in total. The van der Waals surface area contributed by atoms with Crippen molar-refractivity contribution in [3.8, 4) is 23.0 Å². The van der Waals surface area contributed by atoms with Crippen LogP contribution < -0.4 is 0 Å². The second-order valence-corrected chi connectivity index (χ2v) is 9.80. The lowest BCUT2D eigenvalue weighted by molar-refractivity contribution is -0.142. The van der Waals surface area contributed by atoms with Crippen LogP contribution in [0.1, 0.15) is 25.3 Å². The van der Waals surface area contributed by atoms with Gasteiger partial charge in [0.2, 0.25) is 0 Å². The highest BCUT2D eigenvalue weighted by Crippen LogP contribution is 2.33. The van der Waals surface area contributed by atoms with Gasteiger partial charge in [-0.15, -0.1) is 0 Å². The molecule has 1 saturated heterocycles. The Balaban J connectivity index is 1.50. The zero-order valence-electron chi connectivity index (χ0n) is 21.5. The van der Waals surface area contributed by atoms with E-state index in [-0.39, 0.29) is 18.2 Å². The van der Waals surface area contributed by atoms with E-state index in [0.717, 1.165) is 39.8 Å². The van der Waals surface area contributed by atoms with Gasteiger partial charge in [-0.2, -0.15) is 10.4 Å². The molecule has 7 heteroatoms. The Morgan fingerprint density at radius 2 is 1.79 bits per heavy atom. The lowest BCUT2D eigenvalue weighted by atomic mass is 9.92. The van der Waals surface area contributed by atoms with Crippen molar-refractivity contribution in [2.24, 2.45) is 0 Å². The molecule has 0 spiro atoms. The molecule has 1 aromatic heterocycles. The number of fused-ring (bicyclic) bond motifs is 1. The van der Waals surface area contributed by atoms with Crippen molar-refractivity contribution in [2.45, 2.75) is 25.9 Å². The first-order chi connectivity index (χ1) is 19.0. The molecule has 1 atom stereocenters. The number of ether oxygens (including phenoxy) is 1. The molecule has 39 heavy (non-hydrogen) atoms. The molecule has 192 valence electrons. The molecule has 0 radical (unpaired) electrons. The van der Waals surface area contributed by atoms with E-state index in [2.05, 4.69) is 24.3 Å². The highest BCUT2D eigenvalue weighted by Gasteiger charge is 2.37. The molecule has 4 aromatic rings. The van der Waals surface area contributed by atoms with E-state index < -0.39 is 11.8 Å². The molecule has 0 N–H and O–H groups in total. The third kappa shape index (κ3) is 4.56. The number of aromatic nitrogens is 2. The molecule has 2 amide bonds. The molecule has 2 aliphatic rings. The molecule has 3 heterocycles. The molecule has 0 bridgehead atoms. The van der Waals surface area contributed by atoms with Crippen molar-refractivity contribution in [3.63, 3.8) is 0 Å². The summed E-state index contributed by atoms with van der Waals surface area (Å²) in [6.45, 7) is 2.40. The minimum Gasteiger partial charge on any atom is -0.376 e. The predicted molar refractivity (Wildman–Crippen MR) is 148 cm³/mol. The first-order valence-electron chi connectivity index (χ1n) is 13.0. The van der Waals surface area contributed by atoms with Gasteiger partial charge in [-0.1, -0.05) is 54.6 Å². The third-order valence-electron chi connectivity index (χ3n) is 7.32. The second kappa shape index (κ2) is 10.2. The van der Waals surface area contributed by atoms with E-state index in [1.54, 1.807) is 17.7 Å². The van der Waals surface area contributed by atoms with Crippen molar-refractivity contribution in [1.29, 1.82) is 5.26 Å². The third-order valence-corrected chi connectivity index (χ3v) is 7.32. The van der Waals surface area contributed by atoms with Gasteiger partial charge in [-0.3, -0.25) is 14.5 Å². The van der Waals surface area contributed by atoms with Crippen LogP contribution in [-0.4, -0.2) is 45.8 Å². The van der Waals surface area contributed by atoms with Crippen LogP contribution in [0, 0.1) is 11.3 Å². The fourth-order valence-electron chi connectivity index (χ4n) is 5.21. The number of carbonyl (C=O) groups excluding carboxylic acids is 2. The van der Waals surface area contributed by atoms with Gasteiger partial charge in [0.05, 0.1) is 24.0 Å². The molecule has 0 aliphatic carbocycles. The van der Waals surface area contributed by atoms with E-state index >= 15 is 0 Å². The molecule has 2 aliphatic heterocycles. The van der Waals surface area contributed by atoms with E-state index in [1.807, 2.05) is 60.8 Å². The number of carbonyl (C=O) groups is 2. The number of para-hydroxylation sites is 1. The van der Waals surface area contributed by atoms with Gasteiger partial charge in [-0.25, -0.2) is 4.68 Å². The van der Waals surface area contributed by atoms with Crippen molar-refractivity contribution >= 4 is 28.7 Å². The smallest absolute Gasteiger partial charge is 0.271 e. The molecule has 3 aromatic carbocycles. The minimum atomic E-state index is -0.567. The SMILES string of the molecule is CC1=C(C#N)C(=O)N(CC2CCCO2)C(=O)/C1=C/c1cn(-c2ccccc2)nc1-c1ccc2ccccc2c1. The monoisotopic (exact) mass is 514 g/mol. The number of amides is 2. The highest BCUT2D eigenvalue weighted by molar-refractivity contribution is 6.19. The number of nitriles is 1. The van der Waals surface area contributed by atoms with Crippen molar-refractivity contribution < 1.29 is 14.3 Å². The standard InChI is InChI=1S/C32H26N4O3/c1-21-28(31(37)35(32(38)29(21)18-33)20-27-12-7-15-39-27)17-25-19-36(26-10-3-2-4-11-26)34-30(25)24-14-13-22-8-5-6-9-23(22)16-24/h2-6,8-11,13-14,16-17,19,27H,7,12,15,20H2,1H3/b28-17+. The molecular formula is C32H26N4O3. The summed E-state index contributed by atoms with van der Waals surface area (Å²) >= 11 is 0. The first-order valence-corrected chi connectivity index (χ1v) is 13.0. The van der Waals surface area contributed by atoms with Crippen LogP contribution in [0.3, 0.4) is 0 Å². The van der Waals surface area contributed by atoms with Gasteiger partial charge >= 0.3 is 0 Å². The summed E-state index contributed by atoms with van der Waals surface area (Å²) in [6.07, 6.45) is 5.07. The summed E-state index contributed by atoms with van der Waals surface area (Å²) in [5.41, 5.74) is 3.82. The average Bonchev–Trinajstić information content (AvgIpc) is 3.64. The van der Waals surface area contributed by atoms with E-state index in [0.29, 0.717) is 29.0 Å². The predicted octanol–water partition coefficient (Wildman–Crippen LogP) is 5.46. The Labute approximate surface area is 226 Å². The normalized spacial score (nSPS) is 18.8. The zero-order chi connectivity index (χ0) is 26.9. The quantitative estimate of drug-likeness (QED) is 0.261. The lowest BCUT2D eigenvalue weighted by Crippen LogP contribution is -2.46. The first kappa shape index (κ1) is 24.5. The van der Waals surface area contributed by atoms with Crippen LogP contribution in [0.15, 0.2) is 95.7 Å². The van der Waals surface area contributed by atoms with E-state index in [9.17, 15) is 14.9 Å². The maximum Gasteiger partial charge on any atom is 0.271 e. The maximum atomic E-state index is 13.7.